The lowest BCUT2D eigenvalue weighted by Gasteiger charge is -1.99. The Morgan fingerprint density at radius 1 is 1.69 bits per heavy atom. The van der Waals surface area contributed by atoms with E-state index in [1.807, 2.05) is 0 Å². The van der Waals surface area contributed by atoms with Gasteiger partial charge in [-0.1, -0.05) is 0 Å². The summed E-state index contributed by atoms with van der Waals surface area (Å²) in [7, 11) is 0. The minimum Gasteiger partial charge on any atom is -0.273 e. The highest BCUT2D eigenvalue weighted by atomic mass is 16.5. The van der Waals surface area contributed by atoms with Gasteiger partial charge in [0.15, 0.2) is 0 Å². The topological polar surface area (TPSA) is 53.4 Å². The van der Waals surface area contributed by atoms with Gasteiger partial charge < -0.3 is 0 Å². The van der Waals surface area contributed by atoms with Crippen molar-refractivity contribution < 1.29 is 10.0 Å². The predicted molar refractivity (Wildman–Crippen MR) is 45.4 cm³/mol. The molecule has 0 saturated carbocycles. The zero-order valence-corrected chi connectivity index (χ0v) is 7.06. The molecular formula is C9H8N2O2. The van der Waals surface area contributed by atoms with E-state index in [0.29, 0.717) is 10.6 Å². The largest absolute Gasteiger partial charge is 0.273 e. The molecule has 4 heteroatoms. The van der Waals surface area contributed by atoms with Gasteiger partial charge in [-0.2, -0.15) is 0 Å². The van der Waals surface area contributed by atoms with Crippen molar-refractivity contribution >= 4 is 5.91 Å². The molecule has 0 saturated heterocycles. The Morgan fingerprint density at radius 3 is 3.00 bits per heavy atom. The molecule has 1 heterocycles. The van der Waals surface area contributed by atoms with Crippen molar-refractivity contribution in [2.75, 3.05) is 0 Å². The summed E-state index contributed by atoms with van der Waals surface area (Å²) in [5.41, 5.74) is 0.641. The number of carbonyl (C=O) groups excluding carboxylic acids is 1. The SMILES string of the molecule is CC(=O)N(O)C#Cc1cccnc1. The summed E-state index contributed by atoms with van der Waals surface area (Å²) in [5.74, 6) is 2.05. The molecule has 1 rings (SSSR count). The Bertz CT molecular complexity index is 351. The molecule has 1 amide bonds. The van der Waals surface area contributed by atoms with Gasteiger partial charge in [-0.15, -0.1) is 5.06 Å². The summed E-state index contributed by atoms with van der Waals surface area (Å²) >= 11 is 0. The van der Waals surface area contributed by atoms with E-state index in [1.165, 1.54) is 6.92 Å². The van der Waals surface area contributed by atoms with Gasteiger partial charge in [-0.3, -0.25) is 15.0 Å². The first-order valence-corrected chi connectivity index (χ1v) is 3.61. The fourth-order valence-electron chi connectivity index (χ4n) is 0.633. The number of pyridine rings is 1. The molecule has 1 aromatic rings. The van der Waals surface area contributed by atoms with E-state index in [4.69, 9.17) is 5.21 Å². The summed E-state index contributed by atoms with van der Waals surface area (Å²) in [6, 6.07) is 5.70. The Hall–Kier alpha value is -1.86. The third-order valence-electron chi connectivity index (χ3n) is 1.27. The normalized spacial score (nSPS) is 8.46. The van der Waals surface area contributed by atoms with Gasteiger partial charge in [0.25, 0.3) is 5.91 Å². The second-order valence-corrected chi connectivity index (χ2v) is 2.31. The second-order valence-electron chi connectivity index (χ2n) is 2.31. The number of hydrogen-bond donors (Lipinski definition) is 1. The van der Waals surface area contributed by atoms with Crippen LogP contribution in [0.15, 0.2) is 24.5 Å². The first-order chi connectivity index (χ1) is 6.20. The molecule has 13 heavy (non-hydrogen) atoms. The molecule has 0 bridgehead atoms. The van der Waals surface area contributed by atoms with E-state index in [0.717, 1.165) is 0 Å². The highest BCUT2D eigenvalue weighted by Crippen LogP contribution is 1.91. The van der Waals surface area contributed by atoms with Crippen molar-refractivity contribution in [2.45, 2.75) is 6.92 Å². The molecule has 0 aliphatic rings. The fourth-order valence-corrected chi connectivity index (χ4v) is 0.633. The first kappa shape index (κ1) is 9.23. The fraction of sp³-hybridized carbons (Fsp3) is 0.111. The maximum Gasteiger partial charge on any atom is 0.255 e. The van der Waals surface area contributed by atoms with Crippen LogP contribution in [0.3, 0.4) is 0 Å². The van der Waals surface area contributed by atoms with E-state index in [1.54, 1.807) is 24.5 Å². The number of nitrogens with zero attached hydrogens (tertiary/aromatic N) is 2. The van der Waals surface area contributed by atoms with E-state index < -0.39 is 5.91 Å². The lowest BCUT2D eigenvalue weighted by Crippen LogP contribution is -2.18. The summed E-state index contributed by atoms with van der Waals surface area (Å²) in [6.07, 6.45) is 3.16. The van der Waals surface area contributed by atoms with Crippen LogP contribution in [0.2, 0.25) is 0 Å². The maximum absolute atomic E-state index is 10.5. The molecule has 0 unspecified atom stereocenters. The number of carbonyl (C=O) groups is 1. The van der Waals surface area contributed by atoms with Crippen LogP contribution in [-0.2, 0) is 4.79 Å². The van der Waals surface area contributed by atoms with Gasteiger partial charge in [0.1, 0.15) is 0 Å². The van der Waals surface area contributed by atoms with E-state index >= 15 is 0 Å². The van der Waals surface area contributed by atoms with Crippen molar-refractivity contribution in [3.63, 3.8) is 0 Å². The number of hydroxylamine groups is 2. The maximum atomic E-state index is 10.5. The highest BCUT2D eigenvalue weighted by molar-refractivity contribution is 5.73. The van der Waals surface area contributed by atoms with E-state index in [9.17, 15) is 4.79 Å². The van der Waals surface area contributed by atoms with E-state index in [2.05, 4.69) is 16.9 Å². The van der Waals surface area contributed by atoms with Crippen molar-refractivity contribution in [3.8, 4) is 12.0 Å². The van der Waals surface area contributed by atoms with Crippen LogP contribution in [0.5, 0.6) is 0 Å². The molecule has 66 valence electrons. The zero-order valence-electron chi connectivity index (χ0n) is 7.06. The van der Waals surface area contributed by atoms with Gasteiger partial charge in [0.2, 0.25) is 0 Å². The lowest BCUT2D eigenvalue weighted by molar-refractivity contribution is -0.149. The van der Waals surface area contributed by atoms with Crippen LogP contribution < -0.4 is 0 Å². The molecule has 1 N–H and O–H groups in total. The lowest BCUT2D eigenvalue weighted by atomic mass is 10.3. The van der Waals surface area contributed by atoms with Crippen LogP contribution in [-0.4, -0.2) is 21.2 Å². The van der Waals surface area contributed by atoms with Crippen LogP contribution in [0, 0.1) is 12.0 Å². The third kappa shape index (κ3) is 2.93. The molecule has 0 aromatic carbocycles. The van der Waals surface area contributed by atoms with Gasteiger partial charge in [0, 0.05) is 30.9 Å². The Labute approximate surface area is 75.8 Å². The number of rotatable bonds is 0. The summed E-state index contributed by atoms with van der Waals surface area (Å²) in [6.45, 7) is 1.22. The molecule has 0 fully saturated rings. The monoisotopic (exact) mass is 176 g/mol. The van der Waals surface area contributed by atoms with Gasteiger partial charge in [-0.25, -0.2) is 0 Å². The molecule has 0 radical (unpaired) electrons. The second kappa shape index (κ2) is 4.24. The number of aromatic nitrogens is 1. The summed E-state index contributed by atoms with van der Waals surface area (Å²) in [5, 5.41) is 9.22. The molecule has 0 aliphatic carbocycles. The van der Waals surface area contributed by atoms with Gasteiger partial charge in [0.05, 0.1) is 0 Å². The van der Waals surface area contributed by atoms with Crippen molar-refractivity contribution in [1.82, 2.24) is 10.0 Å². The van der Waals surface area contributed by atoms with Crippen molar-refractivity contribution in [3.05, 3.63) is 30.1 Å². The molecule has 1 aromatic heterocycles. The van der Waals surface area contributed by atoms with Crippen LogP contribution in [0.4, 0.5) is 0 Å². The van der Waals surface area contributed by atoms with Gasteiger partial charge in [-0.05, 0) is 18.1 Å². The van der Waals surface area contributed by atoms with Crippen LogP contribution in [0.1, 0.15) is 12.5 Å². The third-order valence-corrected chi connectivity index (χ3v) is 1.27. The van der Waals surface area contributed by atoms with Crippen LogP contribution >= 0.6 is 0 Å². The molecule has 0 aliphatic heterocycles. The Kier molecular flexibility index (Phi) is 3.01. The Morgan fingerprint density at radius 2 is 2.46 bits per heavy atom. The number of hydrogen-bond acceptors (Lipinski definition) is 3. The molecule has 0 spiro atoms. The molecule has 0 atom stereocenters. The highest BCUT2D eigenvalue weighted by Gasteiger charge is 1.97. The van der Waals surface area contributed by atoms with E-state index in [-0.39, 0.29) is 0 Å². The molecule has 4 nitrogen and oxygen atoms in total. The average Bonchev–Trinajstić information content (AvgIpc) is 2.15. The van der Waals surface area contributed by atoms with Gasteiger partial charge >= 0.3 is 0 Å². The van der Waals surface area contributed by atoms with Crippen molar-refractivity contribution in [2.24, 2.45) is 0 Å². The standard InChI is InChI=1S/C9H8N2O2/c1-8(12)11(13)6-4-9-3-2-5-10-7-9/h2-3,5,7,13H,1H3. The summed E-state index contributed by atoms with van der Waals surface area (Å²) < 4.78 is 0. The Balaban J connectivity index is 2.73. The minimum atomic E-state index is -0.517. The predicted octanol–water partition coefficient (Wildman–Crippen LogP) is 0.628. The van der Waals surface area contributed by atoms with Crippen molar-refractivity contribution in [1.29, 1.82) is 0 Å². The zero-order chi connectivity index (χ0) is 9.68. The van der Waals surface area contributed by atoms with Crippen LogP contribution in [0.25, 0.3) is 0 Å². The summed E-state index contributed by atoms with van der Waals surface area (Å²) in [4.78, 5) is 14.3. The molecular weight excluding hydrogens is 168 g/mol. The minimum absolute atomic E-state index is 0.340. The first-order valence-electron chi connectivity index (χ1n) is 3.61. The average molecular weight is 176 g/mol. The quantitative estimate of drug-likeness (QED) is 0.273. The number of amides is 1. The smallest absolute Gasteiger partial charge is 0.255 e.